The molecule has 2 fully saturated rings. The average Bonchev–Trinajstić information content (AvgIpc) is 2.33. The summed E-state index contributed by atoms with van der Waals surface area (Å²) in [6, 6.07) is 0.718. The Morgan fingerprint density at radius 2 is 1.84 bits per heavy atom. The third kappa shape index (κ3) is 3.31. The third-order valence-electron chi connectivity index (χ3n) is 5.05. The van der Waals surface area contributed by atoms with Crippen LogP contribution in [0, 0.1) is 11.3 Å². The second kappa shape index (κ2) is 5.43. The lowest BCUT2D eigenvalue weighted by atomic mass is 9.82. The normalized spacial score (nSPS) is 35.6. The van der Waals surface area contributed by atoms with Crippen LogP contribution in [0.2, 0.25) is 0 Å². The molecule has 0 aliphatic carbocycles. The van der Waals surface area contributed by atoms with Crippen LogP contribution in [0.1, 0.15) is 52.9 Å². The van der Waals surface area contributed by atoms with Crippen LogP contribution >= 0.6 is 0 Å². The molecule has 0 unspecified atom stereocenters. The summed E-state index contributed by atoms with van der Waals surface area (Å²) >= 11 is 0. The molecule has 0 spiro atoms. The van der Waals surface area contributed by atoms with Gasteiger partial charge in [0.25, 0.3) is 0 Å². The van der Waals surface area contributed by atoms with Crippen molar-refractivity contribution in [3.05, 3.63) is 0 Å². The molecule has 110 valence electrons. The molecular formula is C16H30NO2+. The number of hydrogen-bond acceptors (Lipinski definition) is 2. The Morgan fingerprint density at radius 1 is 1.16 bits per heavy atom. The Morgan fingerprint density at radius 3 is 2.53 bits per heavy atom. The van der Waals surface area contributed by atoms with Gasteiger partial charge in [0.05, 0.1) is 38.2 Å². The highest BCUT2D eigenvalue weighted by atomic mass is 16.5. The molecule has 2 saturated heterocycles. The van der Waals surface area contributed by atoms with E-state index in [1.807, 2.05) is 20.8 Å². The van der Waals surface area contributed by atoms with Crippen LogP contribution in [0.4, 0.5) is 0 Å². The van der Waals surface area contributed by atoms with Crippen LogP contribution in [0.15, 0.2) is 0 Å². The molecule has 2 aliphatic heterocycles. The van der Waals surface area contributed by atoms with E-state index < -0.39 is 0 Å². The van der Waals surface area contributed by atoms with Crippen molar-refractivity contribution in [2.24, 2.45) is 11.3 Å². The summed E-state index contributed by atoms with van der Waals surface area (Å²) in [5, 5.41) is 0. The van der Waals surface area contributed by atoms with E-state index in [0.717, 1.165) is 6.04 Å². The summed E-state index contributed by atoms with van der Waals surface area (Å²) in [4.78, 5) is 11.9. The summed E-state index contributed by atoms with van der Waals surface area (Å²) in [5.74, 6) is 0.522. The van der Waals surface area contributed by atoms with Gasteiger partial charge < -0.3 is 9.22 Å². The van der Waals surface area contributed by atoms with Crippen molar-refractivity contribution >= 4 is 5.97 Å². The number of hydrogen-bond donors (Lipinski definition) is 0. The van der Waals surface area contributed by atoms with Gasteiger partial charge >= 0.3 is 5.97 Å². The maximum atomic E-state index is 11.9. The molecular weight excluding hydrogens is 238 g/mol. The van der Waals surface area contributed by atoms with Gasteiger partial charge in [0.1, 0.15) is 0 Å². The predicted octanol–water partition coefficient (Wildman–Crippen LogP) is 2.98. The van der Waals surface area contributed by atoms with Crippen molar-refractivity contribution in [2.75, 3.05) is 26.7 Å². The molecule has 0 bridgehead atoms. The van der Waals surface area contributed by atoms with Gasteiger partial charge in [-0.05, 0) is 46.5 Å². The second-order valence-corrected chi connectivity index (χ2v) is 7.74. The van der Waals surface area contributed by atoms with Crippen molar-refractivity contribution in [3.63, 3.8) is 0 Å². The summed E-state index contributed by atoms with van der Waals surface area (Å²) in [7, 11) is 2.40. The van der Waals surface area contributed by atoms with Crippen molar-refractivity contribution < 1.29 is 14.0 Å². The Labute approximate surface area is 117 Å². The quantitative estimate of drug-likeness (QED) is 0.568. The van der Waals surface area contributed by atoms with E-state index in [0.29, 0.717) is 12.5 Å². The highest BCUT2D eigenvalue weighted by Crippen LogP contribution is 2.36. The van der Waals surface area contributed by atoms with Gasteiger partial charge in [-0.3, -0.25) is 4.79 Å². The number of carbonyl (C=O) groups excluding carboxylic acids is 1. The van der Waals surface area contributed by atoms with E-state index in [4.69, 9.17) is 4.74 Å². The first kappa shape index (κ1) is 14.8. The monoisotopic (exact) mass is 268 g/mol. The first-order valence-electron chi connectivity index (χ1n) is 7.84. The molecule has 19 heavy (non-hydrogen) atoms. The Kier molecular flexibility index (Phi) is 4.24. The maximum Gasteiger partial charge on any atom is 0.311 e. The van der Waals surface area contributed by atoms with Crippen molar-refractivity contribution in [3.8, 4) is 0 Å². The van der Waals surface area contributed by atoms with Gasteiger partial charge in [-0.15, -0.1) is 0 Å². The van der Waals surface area contributed by atoms with E-state index in [9.17, 15) is 4.79 Å². The minimum absolute atomic E-state index is 0.0527. The molecule has 0 saturated carbocycles. The Hall–Kier alpha value is -0.570. The molecule has 2 aliphatic rings. The van der Waals surface area contributed by atoms with Gasteiger partial charge in [0.2, 0.25) is 0 Å². The standard InChI is InChI=1S/C16H30NO2/c1-16(2,3)15(18)19-12-13-8-7-11-17(4)10-6-5-9-14(13)17/h13-14H,5-12H2,1-4H3/q+1/t13-,14-,17-/m0/s1. The average molecular weight is 268 g/mol. The number of quaternary nitrogens is 1. The molecule has 3 atom stereocenters. The summed E-state index contributed by atoms with van der Waals surface area (Å²) < 4.78 is 6.81. The Bertz CT molecular complexity index is 330. The van der Waals surface area contributed by atoms with Gasteiger partial charge in [0, 0.05) is 12.3 Å². The van der Waals surface area contributed by atoms with Crippen molar-refractivity contribution in [1.82, 2.24) is 0 Å². The predicted molar refractivity (Wildman–Crippen MR) is 76.7 cm³/mol. The van der Waals surface area contributed by atoms with E-state index in [1.54, 1.807) is 0 Å². The van der Waals surface area contributed by atoms with Crippen LogP contribution in [-0.2, 0) is 9.53 Å². The summed E-state index contributed by atoms with van der Waals surface area (Å²) in [5.41, 5.74) is -0.376. The number of piperidine rings is 2. The third-order valence-corrected chi connectivity index (χ3v) is 5.05. The molecule has 0 aromatic rings. The van der Waals surface area contributed by atoms with Crippen LogP contribution in [-0.4, -0.2) is 43.2 Å². The number of carbonyl (C=O) groups is 1. The molecule has 0 amide bonds. The van der Waals surface area contributed by atoms with Crippen LogP contribution in [0.3, 0.4) is 0 Å². The Balaban J connectivity index is 1.94. The fourth-order valence-corrected chi connectivity index (χ4v) is 3.83. The lowest BCUT2D eigenvalue weighted by Gasteiger charge is -2.51. The fraction of sp³-hybridized carbons (Fsp3) is 0.938. The second-order valence-electron chi connectivity index (χ2n) is 7.74. The zero-order valence-electron chi connectivity index (χ0n) is 13.1. The number of ether oxygens (including phenoxy) is 1. The molecule has 0 N–H and O–H groups in total. The largest absolute Gasteiger partial charge is 0.465 e. The first-order valence-corrected chi connectivity index (χ1v) is 7.84. The molecule has 0 radical (unpaired) electrons. The molecule has 2 heterocycles. The molecule has 3 heteroatoms. The van der Waals surface area contributed by atoms with Gasteiger partial charge in [-0.1, -0.05) is 0 Å². The summed E-state index contributed by atoms with van der Waals surface area (Å²) in [6.07, 6.45) is 6.54. The first-order chi connectivity index (χ1) is 8.83. The number of rotatable bonds is 2. The molecule has 0 aromatic heterocycles. The van der Waals surface area contributed by atoms with Crippen LogP contribution in [0.5, 0.6) is 0 Å². The number of nitrogens with zero attached hydrogens (tertiary/aromatic N) is 1. The zero-order valence-corrected chi connectivity index (χ0v) is 13.1. The van der Waals surface area contributed by atoms with Gasteiger partial charge in [-0.25, -0.2) is 0 Å². The van der Waals surface area contributed by atoms with Crippen LogP contribution in [0.25, 0.3) is 0 Å². The van der Waals surface area contributed by atoms with Gasteiger partial charge in [0.15, 0.2) is 0 Å². The minimum atomic E-state index is -0.376. The molecule has 3 nitrogen and oxygen atoms in total. The smallest absolute Gasteiger partial charge is 0.311 e. The lowest BCUT2D eigenvalue weighted by Crippen LogP contribution is -2.61. The lowest BCUT2D eigenvalue weighted by molar-refractivity contribution is -0.947. The van der Waals surface area contributed by atoms with Gasteiger partial charge in [-0.2, -0.15) is 0 Å². The van der Waals surface area contributed by atoms with Crippen molar-refractivity contribution in [2.45, 2.75) is 58.9 Å². The van der Waals surface area contributed by atoms with E-state index in [2.05, 4.69) is 7.05 Å². The summed E-state index contributed by atoms with van der Waals surface area (Å²) in [6.45, 7) is 9.04. The van der Waals surface area contributed by atoms with E-state index in [1.165, 1.54) is 49.7 Å². The number of fused-ring (bicyclic) bond motifs is 1. The zero-order chi connectivity index (χ0) is 14.1. The van der Waals surface area contributed by atoms with Crippen molar-refractivity contribution in [1.29, 1.82) is 0 Å². The van der Waals surface area contributed by atoms with E-state index in [-0.39, 0.29) is 11.4 Å². The minimum Gasteiger partial charge on any atom is -0.465 e. The maximum absolute atomic E-state index is 11.9. The molecule has 2 rings (SSSR count). The topological polar surface area (TPSA) is 26.3 Å². The highest BCUT2D eigenvalue weighted by molar-refractivity contribution is 5.75. The molecule has 0 aromatic carbocycles. The van der Waals surface area contributed by atoms with E-state index >= 15 is 0 Å². The SMILES string of the molecule is CC(C)(C)C(=O)OC[C@@H]1CCC[N@+]2(C)CCCC[C@@H]12. The fourth-order valence-electron chi connectivity index (χ4n) is 3.83. The highest BCUT2D eigenvalue weighted by Gasteiger charge is 2.44. The number of esters is 1. The van der Waals surface area contributed by atoms with Crippen LogP contribution < -0.4 is 0 Å².